The van der Waals surface area contributed by atoms with Crippen molar-refractivity contribution in [1.82, 2.24) is 10.2 Å². The van der Waals surface area contributed by atoms with Crippen LogP contribution >= 0.6 is 0 Å². The summed E-state index contributed by atoms with van der Waals surface area (Å²) in [6.45, 7) is 10.6. The van der Waals surface area contributed by atoms with Crippen molar-refractivity contribution in [2.45, 2.75) is 26.7 Å². The topological polar surface area (TPSA) is 84.9 Å². The Morgan fingerprint density at radius 3 is 2.19 bits per heavy atom. The number of carboxylic acids is 1. The largest absolute Gasteiger partial charge is 0.481 e. The van der Waals surface area contributed by atoms with Crippen LogP contribution in [0.3, 0.4) is 0 Å². The second-order valence-electron chi connectivity index (χ2n) is 7.00. The minimum atomic E-state index is -0.833. The maximum Gasteiger partial charge on any atom is 0.300 e. The highest BCUT2D eigenvalue weighted by Gasteiger charge is 2.24. The number of likely N-dealkylation sites (tertiary alicyclic amines) is 1. The Hall–Kier alpha value is -2.12. The van der Waals surface area contributed by atoms with Crippen LogP contribution in [0.2, 0.25) is 0 Å². The van der Waals surface area contributed by atoms with Crippen molar-refractivity contribution in [3.8, 4) is 0 Å². The Morgan fingerprint density at radius 2 is 1.67 bits per heavy atom. The van der Waals surface area contributed by atoms with Crippen molar-refractivity contribution in [3.63, 3.8) is 0 Å². The van der Waals surface area contributed by atoms with Gasteiger partial charge in [-0.2, -0.15) is 0 Å². The molecule has 0 bridgehead atoms. The normalized spacial score (nSPS) is 18.4. The van der Waals surface area contributed by atoms with Crippen molar-refractivity contribution in [1.29, 1.82) is 0 Å². The first-order chi connectivity index (χ1) is 13.0. The molecule has 0 radical (unpaired) electrons. The van der Waals surface area contributed by atoms with E-state index < -0.39 is 5.97 Å². The van der Waals surface area contributed by atoms with Crippen LogP contribution in [-0.2, 0) is 9.59 Å². The molecule has 0 unspecified atom stereocenters. The summed E-state index contributed by atoms with van der Waals surface area (Å²) < 4.78 is 0. The molecular formula is C20H32N4O3. The highest BCUT2D eigenvalue weighted by Crippen LogP contribution is 2.21. The van der Waals surface area contributed by atoms with Crippen LogP contribution in [0.1, 0.15) is 26.7 Å². The van der Waals surface area contributed by atoms with Gasteiger partial charge in [0.15, 0.2) is 0 Å². The summed E-state index contributed by atoms with van der Waals surface area (Å²) in [4.78, 5) is 26.2. The van der Waals surface area contributed by atoms with Crippen LogP contribution in [0.25, 0.3) is 0 Å². The molecule has 1 amide bonds. The molecule has 1 aromatic rings. The molecule has 2 saturated heterocycles. The van der Waals surface area contributed by atoms with Gasteiger partial charge in [0.05, 0.1) is 0 Å². The molecule has 27 heavy (non-hydrogen) atoms. The molecule has 3 N–H and O–H groups in total. The third-order valence-corrected chi connectivity index (χ3v) is 5.02. The summed E-state index contributed by atoms with van der Waals surface area (Å²) in [5, 5.41) is 13.9. The van der Waals surface area contributed by atoms with E-state index in [-0.39, 0.29) is 11.8 Å². The van der Waals surface area contributed by atoms with E-state index in [4.69, 9.17) is 9.90 Å². The molecule has 7 heteroatoms. The first-order valence-corrected chi connectivity index (χ1v) is 9.78. The molecular weight excluding hydrogens is 344 g/mol. The zero-order valence-electron chi connectivity index (χ0n) is 16.4. The number of nitrogens with one attached hydrogen (secondary N) is 2. The minimum absolute atomic E-state index is 0.158. The number of carbonyl (C=O) groups is 2. The number of carboxylic acid groups (broad SMARTS) is 1. The van der Waals surface area contributed by atoms with Gasteiger partial charge in [0, 0.05) is 50.4 Å². The monoisotopic (exact) mass is 376 g/mol. The molecule has 0 aromatic heterocycles. The van der Waals surface area contributed by atoms with Gasteiger partial charge >= 0.3 is 0 Å². The molecule has 0 spiro atoms. The third-order valence-electron chi connectivity index (χ3n) is 5.02. The fourth-order valence-electron chi connectivity index (χ4n) is 3.43. The SMILES string of the molecule is CC(=O)O.CCN1CCC(C(=O)Nc2ccc(N3CCNCC3)cc2)CC1. The Labute approximate surface area is 161 Å². The molecule has 3 rings (SSSR count). The number of anilines is 2. The van der Waals surface area contributed by atoms with Crippen LogP contribution in [0.5, 0.6) is 0 Å². The standard InChI is InChI=1S/C18H28N4O.C2H4O2/c1-2-21-11-7-15(8-12-21)18(23)20-16-3-5-17(6-4-16)22-13-9-19-10-14-22;1-2(3)4/h3-6,15,19H,2,7-14H2,1H3,(H,20,23);1H3,(H,3,4). The highest BCUT2D eigenvalue weighted by molar-refractivity contribution is 5.92. The van der Waals surface area contributed by atoms with Crippen molar-refractivity contribution in [3.05, 3.63) is 24.3 Å². The fourth-order valence-corrected chi connectivity index (χ4v) is 3.43. The van der Waals surface area contributed by atoms with E-state index in [0.717, 1.165) is 71.3 Å². The lowest BCUT2D eigenvalue weighted by Crippen LogP contribution is -2.43. The zero-order valence-corrected chi connectivity index (χ0v) is 16.4. The molecule has 0 atom stereocenters. The molecule has 2 aliphatic heterocycles. The molecule has 2 heterocycles. The number of nitrogens with zero attached hydrogens (tertiary/aromatic N) is 2. The van der Waals surface area contributed by atoms with Crippen LogP contribution in [-0.4, -0.2) is 67.7 Å². The van der Waals surface area contributed by atoms with E-state index in [1.807, 2.05) is 12.1 Å². The number of rotatable bonds is 4. The van der Waals surface area contributed by atoms with E-state index in [1.165, 1.54) is 5.69 Å². The molecule has 2 fully saturated rings. The van der Waals surface area contributed by atoms with Gasteiger partial charge in [0.2, 0.25) is 5.91 Å². The quantitative estimate of drug-likeness (QED) is 0.744. The van der Waals surface area contributed by atoms with Gasteiger partial charge in [0.1, 0.15) is 0 Å². The van der Waals surface area contributed by atoms with Crippen molar-refractivity contribution in [2.24, 2.45) is 5.92 Å². The third kappa shape index (κ3) is 7.19. The fraction of sp³-hybridized carbons (Fsp3) is 0.600. The number of piperazine rings is 1. The van der Waals surface area contributed by atoms with Gasteiger partial charge in [-0.15, -0.1) is 0 Å². The number of hydrogen-bond acceptors (Lipinski definition) is 5. The number of carbonyl (C=O) groups excluding carboxylic acids is 1. The average molecular weight is 377 g/mol. The van der Waals surface area contributed by atoms with E-state index in [1.54, 1.807) is 0 Å². The average Bonchev–Trinajstić information content (AvgIpc) is 2.69. The zero-order chi connectivity index (χ0) is 19.6. The van der Waals surface area contributed by atoms with Gasteiger partial charge in [0.25, 0.3) is 5.97 Å². The Kier molecular flexibility index (Phi) is 8.54. The summed E-state index contributed by atoms with van der Waals surface area (Å²) in [6, 6.07) is 8.27. The molecule has 0 saturated carbocycles. The second kappa shape index (κ2) is 10.9. The van der Waals surface area contributed by atoms with E-state index in [0.29, 0.717) is 0 Å². The summed E-state index contributed by atoms with van der Waals surface area (Å²) >= 11 is 0. The summed E-state index contributed by atoms with van der Waals surface area (Å²) in [5.74, 6) is -0.499. The Morgan fingerprint density at radius 1 is 1.11 bits per heavy atom. The number of benzene rings is 1. The Bertz CT molecular complexity index is 588. The van der Waals surface area contributed by atoms with Crippen LogP contribution in [0.15, 0.2) is 24.3 Å². The summed E-state index contributed by atoms with van der Waals surface area (Å²) in [7, 11) is 0. The highest BCUT2D eigenvalue weighted by atomic mass is 16.4. The second-order valence-corrected chi connectivity index (χ2v) is 7.00. The van der Waals surface area contributed by atoms with Crippen LogP contribution in [0.4, 0.5) is 11.4 Å². The molecule has 0 aliphatic carbocycles. The lowest BCUT2D eigenvalue weighted by Gasteiger charge is -2.30. The molecule has 7 nitrogen and oxygen atoms in total. The number of amides is 1. The van der Waals surface area contributed by atoms with Crippen molar-refractivity contribution >= 4 is 23.3 Å². The summed E-state index contributed by atoms with van der Waals surface area (Å²) in [5.41, 5.74) is 2.15. The van der Waals surface area contributed by atoms with Gasteiger partial charge in [-0.05, 0) is 56.7 Å². The number of aliphatic carboxylic acids is 1. The van der Waals surface area contributed by atoms with E-state index >= 15 is 0 Å². The predicted molar refractivity (Wildman–Crippen MR) is 108 cm³/mol. The van der Waals surface area contributed by atoms with Gasteiger partial charge < -0.3 is 25.5 Å². The minimum Gasteiger partial charge on any atom is -0.481 e. The van der Waals surface area contributed by atoms with E-state index in [2.05, 4.69) is 39.5 Å². The lowest BCUT2D eigenvalue weighted by atomic mass is 9.96. The van der Waals surface area contributed by atoms with Gasteiger partial charge in [-0.1, -0.05) is 6.92 Å². The van der Waals surface area contributed by atoms with Gasteiger partial charge in [-0.25, -0.2) is 0 Å². The molecule has 2 aliphatic rings. The molecule has 1 aromatic carbocycles. The smallest absolute Gasteiger partial charge is 0.300 e. The number of hydrogen-bond donors (Lipinski definition) is 3. The lowest BCUT2D eigenvalue weighted by molar-refractivity contribution is -0.134. The molecule has 150 valence electrons. The first kappa shape index (κ1) is 21.2. The number of piperidine rings is 1. The maximum atomic E-state index is 12.4. The summed E-state index contributed by atoms with van der Waals surface area (Å²) in [6.07, 6.45) is 1.94. The van der Waals surface area contributed by atoms with E-state index in [9.17, 15) is 4.79 Å². The van der Waals surface area contributed by atoms with Crippen LogP contribution in [0, 0.1) is 5.92 Å². The first-order valence-electron chi connectivity index (χ1n) is 9.78. The Balaban J connectivity index is 0.000000596. The van der Waals surface area contributed by atoms with Crippen molar-refractivity contribution < 1.29 is 14.7 Å². The van der Waals surface area contributed by atoms with Crippen molar-refractivity contribution in [2.75, 3.05) is 56.0 Å². The van der Waals surface area contributed by atoms with Crippen LogP contribution < -0.4 is 15.5 Å². The predicted octanol–water partition coefficient (Wildman–Crippen LogP) is 1.86. The van der Waals surface area contributed by atoms with Gasteiger partial charge in [-0.3, -0.25) is 9.59 Å². The maximum absolute atomic E-state index is 12.4.